The molecular weight excluding hydrogens is 562 g/mol. The molecule has 0 spiro atoms. The van der Waals surface area contributed by atoms with E-state index in [4.69, 9.17) is 0 Å². The van der Waals surface area contributed by atoms with Gasteiger partial charge in [0.2, 0.25) is 0 Å². The fourth-order valence-corrected chi connectivity index (χ4v) is 5.45. The predicted octanol–water partition coefficient (Wildman–Crippen LogP) is 6.38. The molecule has 0 radical (unpaired) electrons. The van der Waals surface area contributed by atoms with Crippen LogP contribution in [-0.4, -0.2) is 26.9 Å². The highest BCUT2D eigenvalue weighted by Crippen LogP contribution is 2.36. The van der Waals surface area contributed by atoms with Gasteiger partial charge in [-0.1, -0.05) is 30.3 Å². The minimum absolute atomic E-state index is 0.215. The summed E-state index contributed by atoms with van der Waals surface area (Å²) >= 11 is 2.18. The quantitative estimate of drug-likeness (QED) is 0.236. The van der Waals surface area contributed by atoms with Gasteiger partial charge < -0.3 is 5.32 Å². The van der Waals surface area contributed by atoms with Crippen LogP contribution in [0.3, 0.4) is 0 Å². The maximum Gasteiger partial charge on any atom is 0.252 e. The Morgan fingerprint density at radius 3 is 2.68 bits per heavy atom. The third-order valence-corrected chi connectivity index (χ3v) is 7.60. The molecule has 0 unspecified atom stereocenters. The molecule has 8 heteroatoms. The molecule has 0 fully saturated rings. The van der Waals surface area contributed by atoms with E-state index in [9.17, 15) is 4.79 Å². The molecule has 3 aromatic heterocycles. The fourth-order valence-electron chi connectivity index (χ4n) is 4.19. The van der Waals surface area contributed by atoms with E-state index in [1.165, 1.54) is 20.7 Å². The molecule has 170 valence electrons. The Kier molecular flexibility index (Phi) is 6.51. The Labute approximate surface area is 212 Å². The van der Waals surface area contributed by atoms with Crippen LogP contribution in [0.1, 0.15) is 21.5 Å². The SMILES string of the molecule is CNC(=O)c1cnc2c(c1)c(-c1cc(F)c3nccc(CCc4ccccc4)c3c1)cn2SI. The highest BCUT2D eigenvalue weighted by atomic mass is 127. The van der Waals surface area contributed by atoms with Gasteiger partial charge in [0.05, 0.1) is 5.56 Å². The van der Waals surface area contributed by atoms with Gasteiger partial charge in [-0.15, -0.1) is 0 Å². The molecule has 0 saturated carbocycles. The Balaban J connectivity index is 1.64. The van der Waals surface area contributed by atoms with Crippen molar-refractivity contribution in [3.05, 3.63) is 95.7 Å². The number of aryl methyl sites for hydroxylation is 2. The number of pyridine rings is 2. The van der Waals surface area contributed by atoms with E-state index < -0.39 is 0 Å². The van der Waals surface area contributed by atoms with Gasteiger partial charge in [-0.25, -0.2) is 9.37 Å². The number of nitrogens with zero attached hydrogens (tertiary/aromatic N) is 3. The molecule has 1 amide bonds. The summed E-state index contributed by atoms with van der Waals surface area (Å²) in [4.78, 5) is 21.0. The fraction of sp³-hybridized carbons (Fsp3) is 0.115. The van der Waals surface area contributed by atoms with E-state index in [-0.39, 0.29) is 11.7 Å². The van der Waals surface area contributed by atoms with Crippen molar-refractivity contribution in [3.63, 3.8) is 0 Å². The third-order valence-electron chi connectivity index (χ3n) is 5.90. The molecule has 0 aliphatic rings. The second-order valence-electron chi connectivity index (χ2n) is 7.92. The highest BCUT2D eigenvalue weighted by Gasteiger charge is 2.17. The van der Waals surface area contributed by atoms with Crippen molar-refractivity contribution in [2.75, 3.05) is 7.05 Å². The lowest BCUT2D eigenvalue weighted by Crippen LogP contribution is -2.17. The largest absolute Gasteiger partial charge is 0.355 e. The van der Waals surface area contributed by atoms with E-state index in [1.807, 2.05) is 46.6 Å². The first-order chi connectivity index (χ1) is 16.6. The van der Waals surface area contributed by atoms with E-state index >= 15 is 4.39 Å². The van der Waals surface area contributed by atoms with Crippen LogP contribution in [0.25, 0.3) is 33.1 Å². The van der Waals surface area contributed by atoms with Crippen molar-refractivity contribution < 1.29 is 9.18 Å². The summed E-state index contributed by atoms with van der Waals surface area (Å²) in [5.41, 5.74) is 5.37. The van der Waals surface area contributed by atoms with Gasteiger partial charge in [0.1, 0.15) is 11.3 Å². The molecule has 34 heavy (non-hydrogen) atoms. The van der Waals surface area contributed by atoms with Crippen LogP contribution in [-0.2, 0) is 12.8 Å². The number of rotatable bonds is 6. The number of amides is 1. The summed E-state index contributed by atoms with van der Waals surface area (Å²) in [5.74, 6) is -0.584. The van der Waals surface area contributed by atoms with Gasteiger partial charge >= 0.3 is 0 Å². The monoisotopic (exact) mass is 582 g/mol. The van der Waals surface area contributed by atoms with Crippen molar-refractivity contribution in [2.45, 2.75) is 12.8 Å². The Hall–Kier alpha value is -2.98. The highest BCUT2D eigenvalue weighted by molar-refractivity contribution is 14.2. The van der Waals surface area contributed by atoms with E-state index in [0.717, 1.165) is 46.0 Å². The number of hydrogen-bond acceptors (Lipinski definition) is 4. The molecule has 5 nitrogen and oxygen atoms in total. The first-order valence-electron chi connectivity index (χ1n) is 10.7. The summed E-state index contributed by atoms with van der Waals surface area (Å²) in [5, 5.41) is 4.22. The standard InChI is InChI=1S/C26H20FIN4OS/c1-29-26(33)19-12-21-22(15-32(34-28)25(21)31-14-19)18-11-20-17(8-7-16-5-3-2-4-6-16)9-10-30-24(20)23(27)13-18/h2-6,9-15H,7-8H2,1H3,(H,29,33). The summed E-state index contributed by atoms with van der Waals surface area (Å²) in [6, 6.07) is 17.5. The lowest BCUT2D eigenvalue weighted by Gasteiger charge is -2.10. The van der Waals surface area contributed by atoms with Crippen molar-refractivity contribution in [2.24, 2.45) is 0 Å². The van der Waals surface area contributed by atoms with Crippen molar-refractivity contribution in [1.29, 1.82) is 0 Å². The van der Waals surface area contributed by atoms with Crippen LogP contribution >= 0.6 is 30.3 Å². The predicted molar refractivity (Wildman–Crippen MR) is 145 cm³/mol. The minimum atomic E-state index is -0.368. The van der Waals surface area contributed by atoms with Crippen molar-refractivity contribution in [3.8, 4) is 11.1 Å². The summed E-state index contributed by atoms with van der Waals surface area (Å²) < 4.78 is 17.2. The maximum atomic E-state index is 15.3. The zero-order valence-electron chi connectivity index (χ0n) is 18.3. The zero-order chi connectivity index (χ0) is 23.7. The number of fused-ring (bicyclic) bond motifs is 2. The van der Waals surface area contributed by atoms with Crippen molar-refractivity contribution >= 4 is 58.2 Å². The molecule has 5 rings (SSSR count). The van der Waals surface area contributed by atoms with Gasteiger partial charge in [0, 0.05) is 72.3 Å². The first kappa shape index (κ1) is 22.8. The average molecular weight is 582 g/mol. The normalized spacial score (nSPS) is 11.3. The Bertz CT molecular complexity index is 1520. The van der Waals surface area contributed by atoms with Crippen LogP contribution in [0.4, 0.5) is 4.39 Å². The van der Waals surface area contributed by atoms with E-state index in [2.05, 4.69) is 48.6 Å². The van der Waals surface area contributed by atoms with Gasteiger partial charge in [0.25, 0.3) is 5.91 Å². The van der Waals surface area contributed by atoms with Crippen LogP contribution < -0.4 is 5.32 Å². The second-order valence-corrected chi connectivity index (χ2v) is 9.63. The number of hydrogen-bond donors (Lipinski definition) is 1. The second kappa shape index (κ2) is 9.71. The smallest absolute Gasteiger partial charge is 0.252 e. The summed E-state index contributed by atoms with van der Waals surface area (Å²) in [6.07, 6.45) is 6.79. The molecule has 0 aliphatic heterocycles. The number of aromatic nitrogens is 3. The summed E-state index contributed by atoms with van der Waals surface area (Å²) in [7, 11) is 3.05. The minimum Gasteiger partial charge on any atom is -0.355 e. The number of nitrogens with one attached hydrogen (secondary N) is 1. The topological polar surface area (TPSA) is 59.8 Å². The van der Waals surface area contributed by atoms with Gasteiger partial charge in [-0.05, 0) is 53.8 Å². The molecule has 2 aromatic carbocycles. The van der Waals surface area contributed by atoms with Crippen LogP contribution in [0.15, 0.2) is 73.2 Å². The number of carbonyl (C=O) groups excluding carboxylic acids is 1. The van der Waals surface area contributed by atoms with Crippen molar-refractivity contribution in [1.82, 2.24) is 19.3 Å². The lowest BCUT2D eigenvalue weighted by molar-refractivity contribution is 0.0963. The van der Waals surface area contributed by atoms with Crippen LogP contribution in [0.5, 0.6) is 0 Å². The third kappa shape index (κ3) is 4.27. The van der Waals surface area contributed by atoms with Gasteiger partial charge in [-0.2, -0.15) is 0 Å². The molecule has 1 N–H and O–H groups in total. The first-order valence-corrected chi connectivity index (χ1v) is 14.0. The molecule has 0 bridgehead atoms. The zero-order valence-corrected chi connectivity index (χ0v) is 21.2. The van der Waals surface area contributed by atoms with Crippen LogP contribution in [0.2, 0.25) is 0 Å². The van der Waals surface area contributed by atoms with Gasteiger partial charge in [-0.3, -0.25) is 13.8 Å². The number of benzene rings is 2. The Morgan fingerprint density at radius 2 is 1.91 bits per heavy atom. The number of carbonyl (C=O) groups is 1. The number of halogens is 2. The summed E-state index contributed by atoms with van der Waals surface area (Å²) in [6.45, 7) is 0. The lowest BCUT2D eigenvalue weighted by atomic mass is 9.97. The van der Waals surface area contributed by atoms with Crippen LogP contribution in [0, 0.1) is 5.82 Å². The molecule has 5 aromatic rings. The van der Waals surface area contributed by atoms with Gasteiger partial charge in [0.15, 0.2) is 5.65 Å². The molecule has 0 atom stereocenters. The van der Waals surface area contributed by atoms with E-state index in [0.29, 0.717) is 11.1 Å². The molecule has 3 heterocycles. The van der Waals surface area contributed by atoms with E-state index in [1.54, 1.807) is 19.4 Å². The molecular formula is C26H20FIN4OS. The molecule has 0 saturated heterocycles. The average Bonchev–Trinajstić information content (AvgIpc) is 3.25. The molecule has 0 aliphatic carbocycles. The maximum absolute atomic E-state index is 15.3. The Morgan fingerprint density at radius 1 is 1.09 bits per heavy atom.